The highest BCUT2D eigenvalue weighted by atomic mass is 16.6. The Bertz CT molecular complexity index is 572. The average molecular weight is 287 g/mol. The molecule has 4 heteroatoms. The first-order valence-corrected chi connectivity index (χ1v) is 7.07. The summed E-state index contributed by atoms with van der Waals surface area (Å²) in [5, 5.41) is 0. The van der Waals surface area contributed by atoms with Crippen molar-refractivity contribution < 1.29 is 14.3 Å². The summed E-state index contributed by atoms with van der Waals surface area (Å²) in [5.41, 5.74) is 1.33. The maximum absolute atomic E-state index is 12.6. The molecular weight excluding hydrogens is 266 g/mol. The molecule has 1 aliphatic rings. The van der Waals surface area contributed by atoms with Gasteiger partial charge in [-0.1, -0.05) is 30.8 Å². The minimum atomic E-state index is -0.695. The van der Waals surface area contributed by atoms with Gasteiger partial charge in [0, 0.05) is 6.54 Å². The first-order valence-electron chi connectivity index (χ1n) is 7.07. The second kappa shape index (κ2) is 5.72. The summed E-state index contributed by atoms with van der Waals surface area (Å²) >= 11 is 0. The van der Waals surface area contributed by atoms with Crippen LogP contribution in [-0.2, 0) is 20.7 Å². The first kappa shape index (κ1) is 15.3. The van der Waals surface area contributed by atoms with E-state index >= 15 is 0 Å². The predicted molar refractivity (Wildman–Crippen MR) is 80.6 cm³/mol. The largest absolute Gasteiger partial charge is 0.458 e. The summed E-state index contributed by atoms with van der Waals surface area (Å²) in [5.74, 6) is -0.648. The van der Waals surface area contributed by atoms with Crippen molar-refractivity contribution in [2.45, 2.75) is 38.8 Å². The molecule has 21 heavy (non-hydrogen) atoms. The third-order valence-corrected chi connectivity index (χ3v) is 3.37. The summed E-state index contributed by atoms with van der Waals surface area (Å²) in [4.78, 5) is 26.1. The number of fused-ring (bicyclic) bond motifs is 1. The van der Waals surface area contributed by atoms with Crippen molar-refractivity contribution in [3.8, 4) is 0 Å². The molecule has 0 radical (unpaired) electrons. The minimum absolute atomic E-state index is 0.250. The Morgan fingerprint density at radius 3 is 2.62 bits per heavy atom. The Hall–Kier alpha value is -2.10. The molecule has 0 fully saturated rings. The number of ether oxygens (including phenoxy) is 1. The van der Waals surface area contributed by atoms with E-state index in [9.17, 15) is 9.59 Å². The summed E-state index contributed by atoms with van der Waals surface area (Å²) in [6, 6.07) is 6.99. The monoisotopic (exact) mass is 287 g/mol. The Kier molecular flexibility index (Phi) is 4.16. The quantitative estimate of drug-likeness (QED) is 0.620. The number of hydrogen-bond acceptors (Lipinski definition) is 3. The van der Waals surface area contributed by atoms with Gasteiger partial charge in [-0.15, -0.1) is 0 Å². The van der Waals surface area contributed by atoms with E-state index < -0.39 is 17.6 Å². The van der Waals surface area contributed by atoms with E-state index in [1.807, 2.05) is 45.0 Å². The van der Waals surface area contributed by atoms with Gasteiger partial charge in [0.1, 0.15) is 5.60 Å². The zero-order valence-electron chi connectivity index (χ0n) is 12.8. The third kappa shape index (κ3) is 3.32. The third-order valence-electron chi connectivity index (χ3n) is 3.37. The van der Waals surface area contributed by atoms with Gasteiger partial charge in [-0.2, -0.15) is 0 Å². The molecule has 0 saturated heterocycles. The molecule has 0 aliphatic carbocycles. The standard InChI is InChI=1S/C17H21NO3/c1-5-14(19)18-11-10-12-8-6-7-9-13(12)15(18)16(20)21-17(2,3)4/h5-9,15H,1,10-11H2,2-4H3. The first-order chi connectivity index (χ1) is 9.83. The molecular formula is C17H21NO3. The average Bonchev–Trinajstić information content (AvgIpc) is 2.43. The molecule has 0 spiro atoms. The number of nitrogens with zero attached hydrogens (tertiary/aromatic N) is 1. The SMILES string of the molecule is C=CC(=O)N1CCc2ccccc2C1C(=O)OC(C)(C)C. The van der Waals surface area contributed by atoms with E-state index in [-0.39, 0.29) is 5.91 Å². The lowest BCUT2D eigenvalue weighted by atomic mass is 9.92. The van der Waals surface area contributed by atoms with E-state index in [4.69, 9.17) is 4.74 Å². The van der Waals surface area contributed by atoms with Gasteiger partial charge >= 0.3 is 5.97 Å². The summed E-state index contributed by atoms with van der Waals surface area (Å²) in [6.07, 6.45) is 1.97. The number of hydrogen-bond donors (Lipinski definition) is 0. The number of benzene rings is 1. The molecule has 1 aromatic carbocycles. The fraction of sp³-hybridized carbons (Fsp3) is 0.412. The molecule has 0 aromatic heterocycles. The van der Waals surface area contributed by atoms with Crippen molar-refractivity contribution in [2.24, 2.45) is 0 Å². The van der Waals surface area contributed by atoms with Crippen molar-refractivity contribution >= 4 is 11.9 Å². The van der Waals surface area contributed by atoms with Crippen LogP contribution in [0.2, 0.25) is 0 Å². The van der Waals surface area contributed by atoms with Crippen LogP contribution in [0.15, 0.2) is 36.9 Å². The van der Waals surface area contributed by atoms with E-state index in [1.54, 1.807) is 0 Å². The van der Waals surface area contributed by atoms with E-state index in [0.717, 1.165) is 17.5 Å². The number of esters is 1. The fourth-order valence-electron chi connectivity index (χ4n) is 2.53. The summed E-state index contributed by atoms with van der Waals surface area (Å²) in [6.45, 7) is 9.46. The van der Waals surface area contributed by atoms with Crippen LogP contribution in [0.4, 0.5) is 0 Å². The minimum Gasteiger partial charge on any atom is -0.458 e. The molecule has 112 valence electrons. The van der Waals surface area contributed by atoms with Gasteiger partial charge < -0.3 is 9.64 Å². The number of amides is 1. The smallest absolute Gasteiger partial charge is 0.334 e. The summed E-state index contributed by atoms with van der Waals surface area (Å²) in [7, 11) is 0. The number of carbonyl (C=O) groups is 2. The van der Waals surface area contributed by atoms with E-state index in [2.05, 4.69) is 6.58 Å². The lowest BCUT2D eigenvalue weighted by Gasteiger charge is -2.36. The molecule has 1 atom stereocenters. The molecule has 1 aliphatic heterocycles. The molecule has 2 rings (SSSR count). The number of carbonyl (C=O) groups excluding carboxylic acids is 2. The van der Waals surface area contributed by atoms with Crippen molar-refractivity contribution in [1.82, 2.24) is 4.90 Å². The van der Waals surface area contributed by atoms with E-state index in [0.29, 0.717) is 6.54 Å². The van der Waals surface area contributed by atoms with Gasteiger partial charge in [0.15, 0.2) is 6.04 Å². The second-order valence-corrected chi connectivity index (χ2v) is 6.12. The van der Waals surface area contributed by atoms with E-state index in [1.165, 1.54) is 11.0 Å². The van der Waals surface area contributed by atoms with Crippen molar-refractivity contribution in [1.29, 1.82) is 0 Å². The normalized spacial score (nSPS) is 17.9. The van der Waals surface area contributed by atoms with Crippen LogP contribution >= 0.6 is 0 Å². The van der Waals surface area contributed by atoms with Crippen LogP contribution in [-0.4, -0.2) is 28.9 Å². The number of rotatable bonds is 2. The van der Waals surface area contributed by atoms with Crippen LogP contribution in [0, 0.1) is 0 Å². The zero-order valence-corrected chi connectivity index (χ0v) is 12.8. The van der Waals surface area contributed by atoms with Gasteiger partial charge in [-0.3, -0.25) is 4.79 Å². The molecule has 0 bridgehead atoms. The Morgan fingerprint density at radius 2 is 2.00 bits per heavy atom. The lowest BCUT2D eigenvalue weighted by Crippen LogP contribution is -2.44. The Balaban J connectivity index is 2.41. The highest BCUT2D eigenvalue weighted by Crippen LogP contribution is 2.32. The molecule has 4 nitrogen and oxygen atoms in total. The van der Waals surface area contributed by atoms with Crippen LogP contribution in [0.1, 0.15) is 37.9 Å². The van der Waals surface area contributed by atoms with Crippen molar-refractivity contribution in [2.75, 3.05) is 6.54 Å². The molecule has 1 aromatic rings. The van der Waals surface area contributed by atoms with Crippen LogP contribution < -0.4 is 0 Å². The van der Waals surface area contributed by atoms with Crippen LogP contribution in [0.5, 0.6) is 0 Å². The van der Waals surface area contributed by atoms with Gasteiger partial charge in [0.25, 0.3) is 0 Å². The van der Waals surface area contributed by atoms with Gasteiger partial charge in [0.2, 0.25) is 5.91 Å². The fourth-order valence-corrected chi connectivity index (χ4v) is 2.53. The topological polar surface area (TPSA) is 46.6 Å². The van der Waals surface area contributed by atoms with Crippen molar-refractivity contribution in [3.05, 3.63) is 48.0 Å². The lowest BCUT2D eigenvalue weighted by molar-refractivity contribution is -0.164. The highest BCUT2D eigenvalue weighted by molar-refractivity contribution is 5.92. The predicted octanol–water partition coefficient (Wildman–Crippen LogP) is 2.64. The van der Waals surface area contributed by atoms with Crippen LogP contribution in [0.3, 0.4) is 0 Å². The van der Waals surface area contributed by atoms with Gasteiger partial charge in [0.05, 0.1) is 0 Å². The molecule has 1 unspecified atom stereocenters. The molecule has 1 amide bonds. The summed E-state index contributed by atoms with van der Waals surface area (Å²) < 4.78 is 5.49. The van der Waals surface area contributed by atoms with Gasteiger partial charge in [-0.25, -0.2) is 4.79 Å². The highest BCUT2D eigenvalue weighted by Gasteiger charge is 2.37. The van der Waals surface area contributed by atoms with Gasteiger partial charge in [-0.05, 0) is 44.4 Å². The maximum atomic E-state index is 12.6. The van der Waals surface area contributed by atoms with Crippen molar-refractivity contribution in [3.63, 3.8) is 0 Å². The zero-order chi connectivity index (χ0) is 15.6. The maximum Gasteiger partial charge on any atom is 0.334 e. The Morgan fingerprint density at radius 1 is 1.33 bits per heavy atom. The Labute approximate surface area is 125 Å². The molecule has 1 heterocycles. The second-order valence-electron chi connectivity index (χ2n) is 6.12. The molecule has 0 N–H and O–H groups in total. The van der Waals surface area contributed by atoms with Crippen LogP contribution in [0.25, 0.3) is 0 Å². The molecule has 0 saturated carbocycles.